The lowest BCUT2D eigenvalue weighted by molar-refractivity contribution is -0.0351. The van der Waals surface area contributed by atoms with Gasteiger partial charge in [-0.3, -0.25) is 9.77 Å². The number of ether oxygens (including phenoxy) is 1. The van der Waals surface area contributed by atoms with Gasteiger partial charge in [0.1, 0.15) is 18.0 Å². The normalized spacial score (nSPS) is 23.3. The maximum atomic E-state index is 13.9. The number of carbonyl (C=O) groups excluding carboxylic acids is 1. The number of nitrogens with two attached hydrogens (primary N) is 2. The fraction of sp³-hybridized carbons (Fsp3) is 0.455. The molecule has 1 aliphatic heterocycles. The number of hydroxylamine groups is 1. The third-order valence-electron chi connectivity index (χ3n) is 3.10. The fourth-order valence-electron chi connectivity index (χ4n) is 2.12. The number of carbonyl (C=O) groups is 1. The van der Waals surface area contributed by atoms with E-state index in [4.69, 9.17) is 20.8 Å². The van der Waals surface area contributed by atoms with E-state index in [1.54, 1.807) is 0 Å². The van der Waals surface area contributed by atoms with Crippen LogP contribution in [0.5, 0.6) is 0 Å². The molecule has 0 bridgehead atoms. The van der Waals surface area contributed by atoms with Crippen molar-refractivity contribution in [2.45, 2.75) is 24.9 Å². The minimum absolute atomic E-state index is 0.154. The number of aliphatic hydroxyl groups is 1. The van der Waals surface area contributed by atoms with Crippen molar-refractivity contribution in [1.29, 1.82) is 0 Å². The third-order valence-corrected chi connectivity index (χ3v) is 3.10. The van der Waals surface area contributed by atoms with Gasteiger partial charge in [0.2, 0.25) is 0 Å². The van der Waals surface area contributed by atoms with Gasteiger partial charge < -0.3 is 21.3 Å². The van der Waals surface area contributed by atoms with E-state index in [1.165, 1.54) is 22.7 Å². The molecule has 1 saturated heterocycles. The van der Waals surface area contributed by atoms with Crippen molar-refractivity contribution in [3.05, 3.63) is 12.7 Å². The summed E-state index contributed by atoms with van der Waals surface area (Å²) < 4.78 is 20.7. The molecule has 3 heterocycles. The summed E-state index contributed by atoms with van der Waals surface area (Å²) in [7, 11) is 0. The molecule has 0 aromatic carbocycles. The zero-order chi connectivity index (χ0) is 17.0. The molecule has 11 nitrogen and oxygen atoms in total. The average Bonchev–Trinajstić information content (AvgIpc) is 3.11. The summed E-state index contributed by atoms with van der Waals surface area (Å²) in [6, 6.07) is -0.940. The van der Waals surface area contributed by atoms with Gasteiger partial charge in [0.25, 0.3) is 0 Å². The molecule has 2 aromatic heterocycles. The van der Waals surface area contributed by atoms with E-state index in [2.05, 4.69) is 20.7 Å². The molecule has 2 aromatic rings. The number of aromatic nitrogens is 4. The van der Waals surface area contributed by atoms with Crippen LogP contribution < -0.4 is 16.9 Å². The van der Waals surface area contributed by atoms with Gasteiger partial charge in [-0.05, 0) is 0 Å². The van der Waals surface area contributed by atoms with Gasteiger partial charge in [0.05, 0.1) is 19.0 Å². The summed E-state index contributed by atoms with van der Waals surface area (Å²) in [4.78, 5) is 21.1. The fourth-order valence-corrected chi connectivity index (χ4v) is 2.12. The predicted molar refractivity (Wildman–Crippen MR) is 74.7 cm³/mol. The second kappa shape index (κ2) is 7.13. The second-order valence-electron chi connectivity index (χ2n) is 4.64. The molecule has 126 valence electrons. The Morgan fingerprint density at radius 2 is 2.22 bits per heavy atom. The van der Waals surface area contributed by atoms with E-state index >= 15 is 0 Å². The summed E-state index contributed by atoms with van der Waals surface area (Å²) in [5.41, 5.74) is 12.0. The molecule has 1 aliphatic rings. The van der Waals surface area contributed by atoms with Crippen LogP contribution in [0.4, 0.5) is 15.0 Å². The summed E-state index contributed by atoms with van der Waals surface area (Å²) in [6.45, 7) is -0.208. The number of imidazole rings is 1. The van der Waals surface area contributed by atoms with E-state index in [0.717, 1.165) is 0 Å². The molecule has 23 heavy (non-hydrogen) atoms. The van der Waals surface area contributed by atoms with E-state index < -0.39 is 24.5 Å². The molecule has 0 unspecified atom stereocenters. The Labute approximate surface area is 129 Å². The highest BCUT2D eigenvalue weighted by Crippen LogP contribution is 2.33. The van der Waals surface area contributed by atoms with Crippen molar-refractivity contribution in [2.24, 2.45) is 5.73 Å². The number of urea groups is 1. The molecular weight excluding hydrogens is 313 g/mol. The first-order valence-electron chi connectivity index (χ1n) is 6.50. The number of hydrogen-bond donors (Lipinski definition) is 5. The number of anilines is 1. The molecule has 7 N–H and O–H groups in total. The smallest absolute Gasteiger partial charge is 0.335 e. The van der Waals surface area contributed by atoms with Crippen LogP contribution in [0.1, 0.15) is 12.6 Å². The first kappa shape index (κ1) is 16.8. The number of primary amides is 1. The lowest BCUT2D eigenvalue weighted by atomic mass is 10.2. The molecule has 1 fully saturated rings. The standard InChI is InChI=1S/C10H12FN5O2.CH4N2O2/c11-6-1-5(2-17)18-10(6)16-4-15-7-8(12)13-3-14-9(7)16;2-1(4)3-5/h3-6,10,17H,1-2H2,(H2,12,13,14);5H,(H3,2,3,4)/t5-,6+,10+;/m0./s1. The maximum absolute atomic E-state index is 13.9. The number of halogens is 1. The Morgan fingerprint density at radius 3 is 2.78 bits per heavy atom. The van der Waals surface area contributed by atoms with Crippen LogP contribution in [0.2, 0.25) is 0 Å². The molecular formula is C11H16FN7O4. The van der Waals surface area contributed by atoms with Gasteiger partial charge in [0.15, 0.2) is 17.7 Å². The zero-order valence-electron chi connectivity index (χ0n) is 11.8. The molecule has 0 spiro atoms. The Bertz CT molecular complexity index is 681. The van der Waals surface area contributed by atoms with Gasteiger partial charge in [-0.2, -0.15) is 0 Å². The van der Waals surface area contributed by atoms with Crippen LogP contribution in [0, 0.1) is 0 Å². The number of aliphatic hydroxyl groups excluding tert-OH is 1. The SMILES string of the molecule is NC(=O)NO.Nc1ncnc2c1ncn2[C@@H]1O[C@H](CO)C[C@H]1F. The van der Waals surface area contributed by atoms with E-state index in [9.17, 15) is 9.18 Å². The number of alkyl halides is 1. The first-order chi connectivity index (χ1) is 11.0. The van der Waals surface area contributed by atoms with E-state index in [0.29, 0.717) is 11.2 Å². The highest BCUT2D eigenvalue weighted by atomic mass is 19.1. The lowest BCUT2D eigenvalue weighted by Crippen LogP contribution is -2.25. The Morgan fingerprint density at radius 1 is 1.52 bits per heavy atom. The molecule has 0 aliphatic carbocycles. The monoisotopic (exact) mass is 329 g/mol. The van der Waals surface area contributed by atoms with Crippen molar-refractivity contribution in [1.82, 2.24) is 25.0 Å². The number of nitrogen functional groups attached to an aromatic ring is 1. The van der Waals surface area contributed by atoms with Crippen LogP contribution >= 0.6 is 0 Å². The topological polar surface area (TPSA) is 174 Å². The zero-order valence-corrected chi connectivity index (χ0v) is 11.8. The van der Waals surface area contributed by atoms with Gasteiger partial charge in [-0.15, -0.1) is 0 Å². The highest BCUT2D eigenvalue weighted by Gasteiger charge is 2.37. The van der Waals surface area contributed by atoms with Crippen molar-refractivity contribution < 1.29 is 24.2 Å². The largest absolute Gasteiger partial charge is 0.394 e. The van der Waals surface area contributed by atoms with Crippen LogP contribution in [0.15, 0.2) is 12.7 Å². The van der Waals surface area contributed by atoms with Gasteiger partial charge in [-0.25, -0.2) is 29.6 Å². The molecule has 2 amide bonds. The maximum Gasteiger partial charge on any atom is 0.335 e. The Hall–Kier alpha value is -2.57. The number of hydrogen-bond acceptors (Lipinski definition) is 8. The van der Waals surface area contributed by atoms with Crippen molar-refractivity contribution in [2.75, 3.05) is 12.3 Å². The van der Waals surface area contributed by atoms with Crippen LogP contribution in [-0.2, 0) is 4.74 Å². The minimum atomic E-state index is -1.21. The summed E-state index contributed by atoms with van der Waals surface area (Å²) >= 11 is 0. The van der Waals surface area contributed by atoms with E-state index in [-0.39, 0.29) is 18.8 Å². The third kappa shape index (κ3) is 3.61. The van der Waals surface area contributed by atoms with Gasteiger partial charge >= 0.3 is 6.03 Å². The average molecular weight is 329 g/mol. The quantitative estimate of drug-likeness (QED) is 0.347. The van der Waals surface area contributed by atoms with Gasteiger partial charge in [-0.1, -0.05) is 0 Å². The Balaban J connectivity index is 0.000000338. The molecule has 12 heteroatoms. The van der Waals surface area contributed by atoms with Crippen LogP contribution in [-0.4, -0.2) is 54.7 Å². The van der Waals surface area contributed by atoms with Crippen molar-refractivity contribution >= 4 is 23.0 Å². The highest BCUT2D eigenvalue weighted by molar-refractivity contribution is 5.81. The molecule has 3 atom stereocenters. The summed E-state index contributed by atoms with van der Waals surface area (Å²) in [5.74, 6) is 0.242. The number of amides is 2. The first-order valence-corrected chi connectivity index (χ1v) is 6.50. The van der Waals surface area contributed by atoms with Crippen molar-refractivity contribution in [3.8, 4) is 0 Å². The Kier molecular flexibility index (Phi) is 5.20. The minimum Gasteiger partial charge on any atom is -0.394 e. The molecule has 3 rings (SSSR count). The lowest BCUT2D eigenvalue weighted by Gasteiger charge is -2.15. The van der Waals surface area contributed by atoms with Crippen molar-refractivity contribution in [3.63, 3.8) is 0 Å². The summed E-state index contributed by atoms with van der Waals surface area (Å²) in [5, 5.41) is 16.4. The van der Waals surface area contributed by atoms with Gasteiger partial charge in [0, 0.05) is 6.42 Å². The van der Waals surface area contributed by atoms with Crippen LogP contribution in [0.3, 0.4) is 0 Å². The predicted octanol–water partition coefficient (Wildman–Crippen LogP) is -0.930. The molecule has 0 radical (unpaired) electrons. The number of nitrogens with zero attached hydrogens (tertiary/aromatic N) is 4. The number of rotatable bonds is 2. The number of fused-ring (bicyclic) bond motifs is 1. The van der Waals surface area contributed by atoms with Crippen LogP contribution in [0.25, 0.3) is 11.2 Å². The number of nitrogens with one attached hydrogen (secondary N) is 1. The second-order valence-corrected chi connectivity index (χ2v) is 4.64. The summed E-state index contributed by atoms with van der Waals surface area (Å²) in [6.07, 6.45) is 0.328. The van der Waals surface area contributed by atoms with E-state index in [1.807, 2.05) is 0 Å². The molecule has 0 saturated carbocycles.